The van der Waals surface area contributed by atoms with E-state index in [2.05, 4.69) is 22.1 Å². The third-order valence-corrected chi connectivity index (χ3v) is 5.07. The Labute approximate surface area is 164 Å². The van der Waals surface area contributed by atoms with Crippen molar-refractivity contribution in [3.63, 3.8) is 0 Å². The van der Waals surface area contributed by atoms with Gasteiger partial charge in [-0.3, -0.25) is 9.59 Å². The van der Waals surface area contributed by atoms with Crippen LogP contribution in [0.4, 0.5) is 0 Å². The predicted molar refractivity (Wildman–Crippen MR) is 105 cm³/mol. The van der Waals surface area contributed by atoms with E-state index < -0.39 is 0 Å². The van der Waals surface area contributed by atoms with Gasteiger partial charge >= 0.3 is 0 Å². The van der Waals surface area contributed by atoms with Gasteiger partial charge in [-0.05, 0) is 30.3 Å². The molecule has 2 heterocycles. The van der Waals surface area contributed by atoms with Crippen LogP contribution in [-0.2, 0) is 6.54 Å². The molecule has 1 saturated heterocycles. The number of halogens is 1. The van der Waals surface area contributed by atoms with E-state index in [0.29, 0.717) is 30.4 Å². The van der Waals surface area contributed by atoms with Gasteiger partial charge in [-0.1, -0.05) is 42.8 Å². The van der Waals surface area contributed by atoms with Gasteiger partial charge < -0.3 is 15.1 Å². The highest BCUT2D eigenvalue weighted by molar-refractivity contribution is 6.31. The molecule has 1 aliphatic rings. The zero-order valence-electron chi connectivity index (χ0n) is 15.3. The largest absolute Gasteiger partial charge is 0.347 e. The Morgan fingerprint density at radius 3 is 2.44 bits per heavy atom. The maximum atomic E-state index is 12.7. The molecule has 1 N–H and O–H groups in total. The number of carbonyl (C=O) groups is 2. The zero-order chi connectivity index (χ0) is 19.2. The molecule has 6 nitrogen and oxygen atoms in total. The standard InChI is InChI=1S/C20H23ClN4O2/c1-2-24-10-12-25(13-11-24)20(27)18-9-5-8-17(23-18)19(26)22-14-15-6-3-4-7-16(15)21/h3-9H,2,10-14H2,1H3,(H,22,26). The minimum Gasteiger partial charge on any atom is -0.347 e. The van der Waals surface area contributed by atoms with Gasteiger partial charge in [0.15, 0.2) is 0 Å². The fourth-order valence-corrected chi connectivity index (χ4v) is 3.22. The normalized spacial score (nSPS) is 14.8. The first-order valence-electron chi connectivity index (χ1n) is 9.08. The molecule has 0 atom stereocenters. The third-order valence-electron chi connectivity index (χ3n) is 4.70. The molecule has 0 radical (unpaired) electrons. The van der Waals surface area contributed by atoms with Crippen molar-refractivity contribution in [2.24, 2.45) is 0 Å². The lowest BCUT2D eigenvalue weighted by Crippen LogP contribution is -2.48. The summed E-state index contributed by atoms with van der Waals surface area (Å²) in [7, 11) is 0. The highest BCUT2D eigenvalue weighted by Crippen LogP contribution is 2.14. The van der Waals surface area contributed by atoms with Crippen molar-refractivity contribution in [2.45, 2.75) is 13.5 Å². The Hall–Kier alpha value is -2.44. The lowest BCUT2D eigenvalue weighted by molar-refractivity contribution is 0.0637. The Morgan fingerprint density at radius 2 is 1.74 bits per heavy atom. The van der Waals surface area contributed by atoms with Crippen LogP contribution in [0, 0.1) is 0 Å². The molecule has 0 saturated carbocycles. The SMILES string of the molecule is CCN1CCN(C(=O)c2cccc(C(=O)NCc3ccccc3Cl)n2)CC1. The summed E-state index contributed by atoms with van der Waals surface area (Å²) in [5.41, 5.74) is 1.35. The van der Waals surface area contributed by atoms with Crippen molar-refractivity contribution in [2.75, 3.05) is 32.7 Å². The number of amides is 2. The summed E-state index contributed by atoms with van der Waals surface area (Å²) in [5, 5.41) is 3.40. The average molecular weight is 387 g/mol. The van der Waals surface area contributed by atoms with Crippen LogP contribution in [0.5, 0.6) is 0 Å². The first kappa shape index (κ1) is 19.3. The summed E-state index contributed by atoms with van der Waals surface area (Å²) in [5.74, 6) is -0.466. The van der Waals surface area contributed by atoms with Crippen LogP contribution in [0.2, 0.25) is 5.02 Å². The van der Waals surface area contributed by atoms with Gasteiger partial charge in [0.1, 0.15) is 11.4 Å². The number of carbonyl (C=O) groups excluding carboxylic acids is 2. The zero-order valence-corrected chi connectivity index (χ0v) is 16.1. The quantitative estimate of drug-likeness (QED) is 0.857. The number of nitrogens with one attached hydrogen (secondary N) is 1. The third kappa shape index (κ3) is 4.84. The van der Waals surface area contributed by atoms with E-state index in [4.69, 9.17) is 11.6 Å². The highest BCUT2D eigenvalue weighted by Gasteiger charge is 2.23. The van der Waals surface area contributed by atoms with E-state index in [-0.39, 0.29) is 17.5 Å². The van der Waals surface area contributed by atoms with Crippen LogP contribution < -0.4 is 5.32 Å². The molecule has 1 aliphatic heterocycles. The van der Waals surface area contributed by atoms with E-state index in [9.17, 15) is 9.59 Å². The number of hydrogen-bond acceptors (Lipinski definition) is 4. The summed E-state index contributed by atoms with van der Waals surface area (Å²) >= 11 is 6.11. The smallest absolute Gasteiger partial charge is 0.272 e. The molecule has 0 bridgehead atoms. The number of pyridine rings is 1. The van der Waals surface area contributed by atoms with Crippen molar-refractivity contribution in [3.8, 4) is 0 Å². The van der Waals surface area contributed by atoms with Gasteiger partial charge in [0.25, 0.3) is 11.8 Å². The molecule has 0 aliphatic carbocycles. The lowest BCUT2D eigenvalue weighted by atomic mass is 10.2. The molecule has 0 unspecified atom stereocenters. The molecule has 3 rings (SSSR count). The topological polar surface area (TPSA) is 65.5 Å². The Kier molecular flexibility index (Phi) is 6.42. The summed E-state index contributed by atoms with van der Waals surface area (Å²) in [6.07, 6.45) is 0. The van der Waals surface area contributed by atoms with E-state index in [0.717, 1.165) is 25.2 Å². The van der Waals surface area contributed by atoms with Crippen molar-refractivity contribution in [1.82, 2.24) is 20.1 Å². The second kappa shape index (κ2) is 8.97. The number of rotatable bonds is 5. The molecular weight excluding hydrogens is 364 g/mol. The van der Waals surface area contributed by atoms with Crippen LogP contribution >= 0.6 is 11.6 Å². The summed E-state index contributed by atoms with van der Waals surface area (Å²) in [4.78, 5) is 33.5. The lowest BCUT2D eigenvalue weighted by Gasteiger charge is -2.33. The van der Waals surface area contributed by atoms with Crippen molar-refractivity contribution >= 4 is 23.4 Å². The van der Waals surface area contributed by atoms with Crippen LogP contribution in [0.25, 0.3) is 0 Å². The van der Waals surface area contributed by atoms with Gasteiger partial charge in [-0.25, -0.2) is 4.98 Å². The first-order valence-corrected chi connectivity index (χ1v) is 9.46. The van der Waals surface area contributed by atoms with E-state index in [1.807, 2.05) is 18.2 Å². The maximum absolute atomic E-state index is 12.7. The highest BCUT2D eigenvalue weighted by atomic mass is 35.5. The number of hydrogen-bond donors (Lipinski definition) is 1. The van der Waals surface area contributed by atoms with E-state index in [1.54, 1.807) is 29.2 Å². The minimum absolute atomic E-state index is 0.133. The molecular formula is C20H23ClN4O2. The Bertz CT molecular complexity index is 819. The van der Waals surface area contributed by atoms with Crippen molar-refractivity contribution in [1.29, 1.82) is 0 Å². The van der Waals surface area contributed by atoms with Crippen molar-refractivity contribution < 1.29 is 9.59 Å². The molecule has 142 valence electrons. The molecule has 0 spiro atoms. The maximum Gasteiger partial charge on any atom is 0.272 e. The van der Waals surface area contributed by atoms with Gasteiger partial charge in [0, 0.05) is 37.7 Å². The second-order valence-electron chi connectivity index (χ2n) is 6.41. The fraction of sp³-hybridized carbons (Fsp3) is 0.350. The monoisotopic (exact) mass is 386 g/mol. The van der Waals surface area contributed by atoms with Gasteiger partial charge in [0.05, 0.1) is 0 Å². The molecule has 27 heavy (non-hydrogen) atoms. The van der Waals surface area contributed by atoms with Crippen LogP contribution in [0.1, 0.15) is 33.5 Å². The van der Waals surface area contributed by atoms with Crippen molar-refractivity contribution in [3.05, 3.63) is 64.4 Å². The summed E-state index contributed by atoms with van der Waals surface area (Å²) in [6, 6.07) is 12.3. The summed E-state index contributed by atoms with van der Waals surface area (Å²) < 4.78 is 0. The second-order valence-corrected chi connectivity index (χ2v) is 6.82. The number of piperazine rings is 1. The molecule has 2 aromatic rings. The van der Waals surface area contributed by atoms with Gasteiger partial charge in [0.2, 0.25) is 0 Å². The fourth-order valence-electron chi connectivity index (χ4n) is 3.02. The number of likely N-dealkylation sites (N-methyl/N-ethyl adjacent to an activating group) is 1. The summed E-state index contributed by atoms with van der Waals surface area (Å²) in [6.45, 7) is 6.48. The van der Waals surface area contributed by atoms with Crippen LogP contribution in [-0.4, -0.2) is 59.3 Å². The average Bonchev–Trinajstić information content (AvgIpc) is 2.72. The Morgan fingerprint density at radius 1 is 1.04 bits per heavy atom. The molecule has 1 fully saturated rings. The number of benzene rings is 1. The Balaban J connectivity index is 1.63. The number of aromatic nitrogens is 1. The van der Waals surface area contributed by atoms with Crippen LogP contribution in [0.3, 0.4) is 0 Å². The van der Waals surface area contributed by atoms with Gasteiger partial charge in [-0.2, -0.15) is 0 Å². The van der Waals surface area contributed by atoms with Gasteiger partial charge in [-0.15, -0.1) is 0 Å². The van der Waals surface area contributed by atoms with Crippen LogP contribution in [0.15, 0.2) is 42.5 Å². The predicted octanol–water partition coefficient (Wildman–Crippen LogP) is 2.44. The molecule has 1 aromatic heterocycles. The van der Waals surface area contributed by atoms with E-state index >= 15 is 0 Å². The molecule has 2 amide bonds. The van der Waals surface area contributed by atoms with E-state index in [1.165, 1.54) is 0 Å². The molecule has 1 aromatic carbocycles. The first-order chi connectivity index (χ1) is 13.1. The minimum atomic E-state index is -0.333. The molecule has 7 heteroatoms. The number of nitrogens with zero attached hydrogens (tertiary/aromatic N) is 3.